The van der Waals surface area contributed by atoms with Gasteiger partial charge in [0.2, 0.25) is 0 Å². The lowest BCUT2D eigenvalue weighted by atomic mass is 9.89. The third kappa shape index (κ3) is 1.51. The van der Waals surface area contributed by atoms with Gasteiger partial charge in [-0.05, 0) is 63.9 Å². The van der Waals surface area contributed by atoms with Crippen LogP contribution in [-0.2, 0) is 0 Å². The number of nitrogens with zero attached hydrogens (tertiary/aromatic N) is 2. The first-order chi connectivity index (χ1) is 9.19. The molecule has 0 fully saturated rings. The van der Waals surface area contributed by atoms with Crippen molar-refractivity contribution in [2.24, 2.45) is 0 Å². The van der Waals surface area contributed by atoms with Gasteiger partial charge in [0.25, 0.3) is 0 Å². The molecule has 0 aromatic carbocycles. The number of halogens is 4. The van der Waals surface area contributed by atoms with Crippen LogP contribution in [0.15, 0.2) is 20.2 Å². The number of aromatic nitrogens is 1. The molecule has 1 aromatic heterocycles. The van der Waals surface area contributed by atoms with Crippen molar-refractivity contribution < 1.29 is 13.1 Å². The van der Waals surface area contributed by atoms with Gasteiger partial charge in [-0.2, -0.15) is 0 Å². The lowest BCUT2D eigenvalue weighted by Gasteiger charge is -2.30. The summed E-state index contributed by atoms with van der Waals surface area (Å²) in [4.78, 5) is 0. The van der Waals surface area contributed by atoms with Gasteiger partial charge in [-0.3, -0.25) is 0 Å². The molecule has 2 aliphatic heterocycles. The Morgan fingerprint density at radius 1 is 1.15 bits per heavy atom. The minimum absolute atomic E-state index is 0.561. The maximum absolute atomic E-state index is 15.0. The van der Waals surface area contributed by atoms with Crippen molar-refractivity contribution in [2.45, 2.75) is 27.7 Å². The van der Waals surface area contributed by atoms with Crippen LogP contribution in [0.1, 0.15) is 30.8 Å². The normalized spacial score (nSPS) is 20.3. The molecule has 2 nitrogen and oxygen atoms in total. The van der Waals surface area contributed by atoms with E-state index in [-0.39, 0.29) is 0 Å². The standard InChI is InChI=1S/C13H13BBr2F2N2/c1-6-10-5-11-7(2)13(16)9(4)20(11)14(17,18)19(10)8(3)12(6)15/h5H,1-4H3. The summed E-state index contributed by atoms with van der Waals surface area (Å²) in [5.74, 6) is 0. The van der Waals surface area contributed by atoms with Gasteiger partial charge >= 0.3 is 6.97 Å². The first kappa shape index (κ1) is 14.3. The molecule has 0 saturated heterocycles. The van der Waals surface area contributed by atoms with E-state index in [0.29, 0.717) is 22.8 Å². The molecular formula is C13H13BBr2F2N2. The molecule has 0 aliphatic carbocycles. The Balaban J connectivity index is 2.44. The largest absolute Gasteiger partial charge is 0.737 e. The average Bonchev–Trinajstić information content (AvgIpc) is 2.73. The van der Waals surface area contributed by atoms with Crippen molar-refractivity contribution in [1.82, 2.24) is 4.48 Å². The van der Waals surface area contributed by atoms with Crippen molar-refractivity contribution in [1.29, 1.82) is 0 Å². The maximum atomic E-state index is 15.0. The third-order valence-corrected chi connectivity index (χ3v) is 6.54. The molecule has 3 rings (SSSR count). The quantitative estimate of drug-likeness (QED) is 0.557. The van der Waals surface area contributed by atoms with Crippen LogP contribution in [0.3, 0.4) is 0 Å². The fourth-order valence-corrected chi connectivity index (χ4v) is 3.89. The summed E-state index contributed by atoms with van der Waals surface area (Å²) in [5, 5.41) is 0. The topological polar surface area (TPSA) is 7.94 Å². The van der Waals surface area contributed by atoms with Crippen molar-refractivity contribution >= 4 is 50.6 Å². The predicted molar refractivity (Wildman–Crippen MR) is 85.5 cm³/mol. The van der Waals surface area contributed by atoms with Crippen LogP contribution in [-0.4, -0.2) is 21.6 Å². The van der Waals surface area contributed by atoms with Gasteiger partial charge < -0.3 is 17.6 Å². The van der Waals surface area contributed by atoms with Gasteiger partial charge in [-0.1, -0.05) is 0 Å². The van der Waals surface area contributed by atoms with E-state index < -0.39 is 6.97 Å². The van der Waals surface area contributed by atoms with Gasteiger partial charge in [0.1, 0.15) is 5.71 Å². The molecule has 0 atom stereocenters. The Morgan fingerprint density at radius 2 is 1.75 bits per heavy atom. The Kier molecular flexibility index (Phi) is 2.97. The molecule has 106 valence electrons. The van der Waals surface area contributed by atoms with E-state index in [9.17, 15) is 0 Å². The van der Waals surface area contributed by atoms with Crippen LogP contribution in [0.5, 0.6) is 0 Å². The lowest BCUT2D eigenvalue weighted by Crippen LogP contribution is -2.50. The molecule has 2 aliphatic rings. The highest BCUT2D eigenvalue weighted by Crippen LogP contribution is 2.42. The highest BCUT2D eigenvalue weighted by molar-refractivity contribution is 9.12. The summed E-state index contributed by atoms with van der Waals surface area (Å²) >= 11 is 6.83. The molecule has 7 heteroatoms. The Bertz CT molecular complexity index is 757. The van der Waals surface area contributed by atoms with E-state index in [1.807, 2.05) is 19.9 Å². The summed E-state index contributed by atoms with van der Waals surface area (Å²) in [5.41, 5.74) is 3.99. The van der Waals surface area contributed by atoms with Crippen molar-refractivity contribution in [2.75, 3.05) is 0 Å². The zero-order valence-corrected chi connectivity index (χ0v) is 14.7. The fourth-order valence-electron chi connectivity index (χ4n) is 3.10. The summed E-state index contributed by atoms with van der Waals surface area (Å²) in [6, 6.07) is 0. The zero-order valence-electron chi connectivity index (χ0n) is 11.6. The molecule has 3 heterocycles. The first-order valence-electron chi connectivity index (χ1n) is 6.30. The highest BCUT2D eigenvalue weighted by atomic mass is 79.9. The maximum Gasteiger partial charge on any atom is 0.737 e. The fraction of sp³-hybridized carbons (Fsp3) is 0.308. The summed E-state index contributed by atoms with van der Waals surface area (Å²) in [6.07, 6.45) is 1.85. The molecular weight excluding hydrogens is 393 g/mol. The lowest BCUT2D eigenvalue weighted by molar-refractivity contribution is -0.362. The van der Waals surface area contributed by atoms with Crippen LogP contribution in [0.2, 0.25) is 0 Å². The van der Waals surface area contributed by atoms with Crippen molar-refractivity contribution in [3.8, 4) is 0 Å². The molecule has 0 N–H and O–H groups in total. The number of allylic oxidation sites excluding steroid dienone is 2. The van der Waals surface area contributed by atoms with E-state index in [0.717, 1.165) is 29.1 Å². The van der Waals surface area contributed by atoms with E-state index in [2.05, 4.69) is 31.9 Å². The molecule has 0 radical (unpaired) electrons. The van der Waals surface area contributed by atoms with Gasteiger partial charge in [-0.15, -0.1) is 0 Å². The van der Waals surface area contributed by atoms with E-state index in [4.69, 9.17) is 0 Å². The van der Waals surface area contributed by atoms with Gasteiger partial charge in [-0.25, -0.2) is 0 Å². The molecule has 0 amide bonds. The second-order valence-electron chi connectivity index (χ2n) is 5.29. The Labute approximate surface area is 133 Å². The number of rotatable bonds is 0. The molecule has 0 bridgehead atoms. The average molecular weight is 406 g/mol. The number of fused-ring (bicyclic) bond motifs is 2. The van der Waals surface area contributed by atoms with Gasteiger partial charge in [0.05, 0.1) is 4.48 Å². The minimum Gasteiger partial charge on any atom is -0.393 e. The van der Waals surface area contributed by atoms with Crippen molar-refractivity contribution in [3.05, 3.63) is 37.2 Å². The summed E-state index contributed by atoms with van der Waals surface area (Å²) < 4.78 is 33.9. The predicted octanol–water partition coefficient (Wildman–Crippen LogP) is 4.60. The SMILES string of the molecule is CC1=C(Br)C(C)=[N+]2C1=Cc1c(C)c(Br)c(C)n1[B-]2(F)F. The van der Waals surface area contributed by atoms with Crippen LogP contribution in [0.25, 0.3) is 6.08 Å². The second-order valence-corrected chi connectivity index (χ2v) is 6.88. The highest BCUT2D eigenvalue weighted by Gasteiger charge is 2.54. The summed E-state index contributed by atoms with van der Waals surface area (Å²) in [6.45, 7) is 3.29. The Hall–Kier alpha value is -0.685. The third-order valence-electron chi connectivity index (χ3n) is 4.20. The van der Waals surface area contributed by atoms with E-state index in [1.165, 1.54) is 0 Å². The molecule has 0 unspecified atom stereocenters. The second kappa shape index (κ2) is 4.16. The molecule has 20 heavy (non-hydrogen) atoms. The Morgan fingerprint density at radius 3 is 2.35 bits per heavy atom. The number of hydrogen-bond acceptors (Lipinski definition) is 0. The van der Waals surface area contributed by atoms with Gasteiger partial charge in [0, 0.05) is 28.7 Å². The molecule has 1 aromatic rings. The molecule has 0 spiro atoms. The van der Waals surface area contributed by atoms with Crippen LogP contribution in [0, 0.1) is 13.8 Å². The van der Waals surface area contributed by atoms with E-state index in [1.54, 1.807) is 13.8 Å². The minimum atomic E-state index is -3.87. The molecule has 0 saturated carbocycles. The number of hydrogen-bond donors (Lipinski definition) is 0. The smallest absolute Gasteiger partial charge is 0.393 e. The first-order valence-corrected chi connectivity index (χ1v) is 7.89. The van der Waals surface area contributed by atoms with Crippen LogP contribution in [0.4, 0.5) is 8.63 Å². The van der Waals surface area contributed by atoms with Crippen LogP contribution >= 0.6 is 31.9 Å². The van der Waals surface area contributed by atoms with Crippen LogP contribution < -0.4 is 0 Å². The summed E-state index contributed by atoms with van der Waals surface area (Å²) in [7, 11) is 0. The van der Waals surface area contributed by atoms with Crippen molar-refractivity contribution in [3.63, 3.8) is 0 Å². The van der Waals surface area contributed by atoms with E-state index >= 15 is 8.63 Å². The van der Waals surface area contributed by atoms with Gasteiger partial charge in [0.15, 0.2) is 5.70 Å². The monoisotopic (exact) mass is 404 g/mol. The zero-order chi connectivity index (χ0) is 15.0.